The number of carboxylic acids is 1. The van der Waals surface area contributed by atoms with Gasteiger partial charge in [0.2, 0.25) is 11.7 Å². The van der Waals surface area contributed by atoms with Crippen molar-refractivity contribution in [3.05, 3.63) is 30.3 Å². The van der Waals surface area contributed by atoms with Gasteiger partial charge in [0.05, 0.1) is 5.92 Å². The lowest BCUT2D eigenvalue weighted by atomic mass is 10.0. The molecule has 8 heteroatoms. The van der Waals surface area contributed by atoms with Gasteiger partial charge < -0.3 is 10.4 Å². The SMILES string of the molecule is O=C(Cn1nnc(-c2ccccc2)n1)N[C@H]1CCC[C@H]1C(=O)O. The van der Waals surface area contributed by atoms with E-state index in [4.69, 9.17) is 5.11 Å². The van der Waals surface area contributed by atoms with Crippen LogP contribution in [-0.4, -0.2) is 43.2 Å². The van der Waals surface area contributed by atoms with Crippen molar-refractivity contribution in [1.82, 2.24) is 25.5 Å². The largest absolute Gasteiger partial charge is 0.481 e. The summed E-state index contributed by atoms with van der Waals surface area (Å²) >= 11 is 0. The number of tetrazole rings is 1. The molecule has 0 radical (unpaired) electrons. The molecule has 0 saturated heterocycles. The monoisotopic (exact) mass is 315 g/mol. The van der Waals surface area contributed by atoms with Crippen LogP contribution in [0.5, 0.6) is 0 Å². The summed E-state index contributed by atoms with van der Waals surface area (Å²) in [6, 6.07) is 9.03. The molecule has 1 aliphatic carbocycles. The van der Waals surface area contributed by atoms with Gasteiger partial charge in [0, 0.05) is 11.6 Å². The van der Waals surface area contributed by atoms with E-state index in [2.05, 4.69) is 20.7 Å². The van der Waals surface area contributed by atoms with Gasteiger partial charge in [-0.1, -0.05) is 36.8 Å². The second-order valence-electron chi connectivity index (χ2n) is 5.56. The fraction of sp³-hybridized carbons (Fsp3) is 0.400. The topological polar surface area (TPSA) is 110 Å². The average molecular weight is 315 g/mol. The molecule has 3 rings (SSSR count). The van der Waals surface area contributed by atoms with E-state index in [9.17, 15) is 9.59 Å². The minimum Gasteiger partial charge on any atom is -0.481 e. The van der Waals surface area contributed by atoms with Crippen molar-refractivity contribution in [2.75, 3.05) is 0 Å². The highest BCUT2D eigenvalue weighted by molar-refractivity contribution is 5.78. The number of carboxylic acid groups (broad SMARTS) is 1. The van der Waals surface area contributed by atoms with Crippen molar-refractivity contribution in [1.29, 1.82) is 0 Å². The van der Waals surface area contributed by atoms with Crippen LogP contribution in [0.2, 0.25) is 0 Å². The summed E-state index contributed by atoms with van der Waals surface area (Å²) in [5, 5.41) is 23.8. The third-order valence-corrected chi connectivity index (χ3v) is 3.95. The predicted molar refractivity (Wildman–Crippen MR) is 80.2 cm³/mol. The molecular formula is C15H17N5O3. The molecule has 1 heterocycles. The number of carbonyl (C=O) groups excluding carboxylic acids is 1. The van der Waals surface area contributed by atoms with E-state index in [1.54, 1.807) is 0 Å². The summed E-state index contributed by atoms with van der Waals surface area (Å²) in [6.45, 7) is -0.0807. The molecule has 2 aromatic rings. The first-order valence-electron chi connectivity index (χ1n) is 7.49. The third-order valence-electron chi connectivity index (χ3n) is 3.95. The second-order valence-corrected chi connectivity index (χ2v) is 5.56. The maximum atomic E-state index is 12.0. The number of aromatic nitrogens is 4. The normalized spacial score (nSPS) is 20.3. The van der Waals surface area contributed by atoms with Crippen LogP contribution in [-0.2, 0) is 16.1 Å². The van der Waals surface area contributed by atoms with Crippen LogP contribution < -0.4 is 5.32 Å². The van der Waals surface area contributed by atoms with Gasteiger partial charge in [-0.25, -0.2) is 0 Å². The minimum atomic E-state index is -0.863. The molecule has 0 aliphatic heterocycles. The Bertz CT molecular complexity index is 700. The van der Waals surface area contributed by atoms with E-state index in [0.29, 0.717) is 18.7 Å². The van der Waals surface area contributed by atoms with E-state index < -0.39 is 11.9 Å². The molecule has 1 saturated carbocycles. The summed E-state index contributed by atoms with van der Waals surface area (Å²) in [4.78, 5) is 24.4. The summed E-state index contributed by atoms with van der Waals surface area (Å²) < 4.78 is 0. The van der Waals surface area contributed by atoms with Crippen molar-refractivity contribution in [3.8, 4) is 11.4 Å². The zero-order valence-electron chi connectivity index (χ0n) is 12.4. The van der Waals surface area contributed by atoms with Crippen LogP contribution in [0, 0.1) is 5.92 Å². The highest BCUT2D eigenvalue weighted by Gasteiger charge is 2.33. The summed E-state index contributed by atoms with van der Waals surface area (Å²) in [6.07, 6.45) is 2.09. The van der Waals surface area contributed by atoms with Crippen LogP contribution in [0.4, 0.5) is 0 Å². The number of benzene rings is 1. The first kappa shape index (κ1) is 15.1. The molecule has 0 bridgehead atoms. The Hall–Kier alpha value is -2.77. The smallest absolute Gasteiger partial charge is 0.308 e. The lowest BCUT2D eigenvalue weighted by molar-refractivity contribution is -0.142. The highest BCUT2D eigenvalue weighted by Crippen LogP contribution is 2.25. The number of rotatable bonds is 5. The summed E-state index contributed by atoms with van der Waals surface area (Å²) in [5.41, 5.74) is 0.820. The number of amides is 1. The van der Waals surface area contributed by atoms with Crippen molar-refractivity contribution in [2.45, 2.75) is 31.8 Å². The van der Waals surface area contributed by atoms with Gasteiger partial charge in [-0.3, -0.25) is 9.59 Å². The fourth-order valence-corrected chi connectivity index (χ4v) is 2.82. The van der Waals surface area contributed by atoms with Crippen LogP contribution >= 0.6 is 0 Å². The molecule has 0 unspecified atom stereocenters. The van der Waals surface area contributed by atoms with Crippen molar-refractivity contribution in [3.63, 3.8) is 0 Å². The molecule has 0 spiro atoms. The molecule has 120 valence electrons. The first-order valence-corrected chi connectivity index (χ1v) is 7.49. The Morgan fingerprint density at radius 3 is 2.78 bits per heavy atom. The molecule has 8 nitrogen and oxygen atoms in total. The molecule has 1 fully saturated rings. The molecule has 1 aromatic carbocycles. The quantitative estimate of drug-likeness (QED) is 0.841. The lowest BCUT2D eigenvalue weighted by Crippen LogP contribution is -2.41. The van der Waals surface area contributed by atoms with E-state index in [1.807, 2.05) is 30.3 Å². The van der Waals surface area contributed by atoms with Crippen LogP contribution in [0.25, 0.3) is 11.4 Å². The number of hydrogen-bond acceptors (Lipinski definition) is 5. The van der Waals surface area contributed by atoms with Gasteiger partial charge in [-0.15, -0.1) is 10.2 Å². The summed E-state index contributed by atoms with van der Waals surface area (Å²) in [7, 11) is 0. The number of carbonyl (C=O) groups is 2. The number of hydrogen-bond donors (Lipinski definition) is 2. The van der Waals surface area contributed by atoms with Gasteiger partial charge >= 0.3 is 5.97 Å². The van der Waals surface area contributed by atoms with E-state index in [0.717, 1.165) is 12.0 Å². The molecule has 2 atom stereocenters. The first-order chi connectivity index (χ1) is 11.1. The molecule has 1 aromatic heterocycles. The van der Waals surface area contributed by atoms with E-state index in [1.165, 1.54) is 4.80 Å². The molecule has 2 N–H and O–H groups in total. The van der Waals surface area contributed by atoms with Crippen LogP contribution in [0.15, 0.2) is 30.3 Å². The van der Waals surface area contributed by atoms with Gasteiger partial charge in [0.25, 0.3) is 0 Å². The standard InChI is InChI=1S/C15H17N5O3/c21-13(16-12-8-4-7-11(12)15(22)23)9-20-18-14(17-19-20)10-5-2-1-3-6-10/h1-3,5-6,11-12H,4,7-9H2,(H,16,21)(H,22,23)/t11-,12+/m1/s1. The Kier molecular flexibility index (Phi) is 4.31. The second kappa shape index (κ2) is 6.55. The van der Waals surface area contributed by atoms with Crippen molar-refractivity contribution >= 4 is 11.9 Å². The Morgan fingerprint density at radius 1 is 1.26 bits per heavy atom. The van der Waals surface area contributed by atoms with Crippen molar-refractivity contribution in [2.24, 2.45) is 5.92 Å². The van der Waals surface area contributed by atoms with Crippen molar-refractivity contribution < 1.29 is 14.7 Å². The number of nitrogens with one attached hydrogen (secondary N) is 1. The van der Waals surface area contributed by atoms with Crippen LogP contribution in [0.1, 0.15) is 19.3 Å². The fourth-order valence-electron chi connectivity index (χ4n) is 2.82. The van der Waals surface area contributed by atoms with Gasteiger partial charge in [0.1, 0.15) is 6.54 Å². The third kappa shape index (κ3) is 3.53. The Morgan fingerprint density at radius 2 is 2.04 bits per heavy atom. The molecule has 23 heavy (non-hydrogen) atoms. The van der Waals surface area contributed by atoms with E-state index in [-0.39, 0.29) is 18.5 Å². The molecule has 1 aliphatic rings. The van der Waals surface area contributed by atoms with E-state index >= 15 is 0 Å². The summed E-state index contributed by atoms with van der Waals surface area (Å²) in [5.74, 6) is -1.23. The van der Waals surface area contributed by atoms with Crippen LogP contribution in [0.3, 0.4) is 0 Å². The maximum Gasteiger partial charge on any atom is 0.308 e. The maximum absolute atomic E-state index is 12.0. The Balaban J connectivity index is 1.60. The Labute approximate surface area is 132 Å². The lowest BCUT2D eigenvalue weighted by Gasteiger charge is -2.17. The zero-order valence-corrected chi connectivity index (χ0v) is 12.4. The van der Waals surface area contributed by atoms with Gasteiger partial charge in [-0.05, 0) is 18.1 Å². The minimum absolute atomic E-state index is 0.0807. The van der Waals surface area contributed by atoms with Gasteiger partial charge in [-0.2, -0.15) is 4.80 Å². The molecule has 1 amide bonds. The zero-order chi connectivity index (χ0) is 16.2. The predicted octanol–water partition coefficient (Wildman–Crippen LogP) is 0.710. The average Bonchev–Trinajstić information content (AvgIpc) is 3.17. The number of aliphatic carboxylic acids is 1. The number of nitrogens with zero attached hydrogens (tertiary/aromatic N) is 4. The highest BCUT2D eigenvalue weighted by atomic mass is 16.4. The molecular weight excluding hydrogens is 298 g/mol. The van der Waals surface area contributed by atoms with Gasteiger partial charge in [0.15, 0.2) is 0 Å².